The molecule has 0 heterocycles. The van der Waals surface area contributed by atoms with Crippen molar-refractivity contribution in [3.63, 3.8) is 0 Å². The second-order valence-corrected chi connectivity index (χ2v) is 5.37. The minimum absolute atomic E-state index is 0.0553. The Kier molecular flexibility index (Phi) is 2.99. The SMILES string of the molecule is O=C(NCC1(CO)CC1)c1cccc2ccccc12. The minimum Gasteiger partial charge on any atom is -0.396 e. The van der Waals surface area contributed by atoms with Gasteiger partial charge in [0.05, 0.1) is 6.61 Å². The van der Waals surface area contributed by atoms with Gasteiger partial charge in [-0.2, -0.15) is 0 Å². The first kappa shape index (κ1) is 12.2. The Bertz CT molecular complexity index is 612. The number of aliphatic hydroxyl groups is 1. The molecule has 3 nitrogen and oxygen atoms in total. The summed E-state index contributed by atoms with van der Waals surface area (Å²) in [6.45, 7) is 0.717. The van der Waals surface area contributed by atoms with Crippen LogP contribution in [0.25, 0.3) is 10.8 Å². The van der Waals surface area contributed by atoms with Gasteiger partial charge in [-0.05, 0) is 29.7 Å². The van der Waals surface area contributed by atoms with Crippen LogP contribution < -0.4 is 5.32 Å². The topological polar surface area (TPSA) is 49.3 Å². The van der Waals surface area contributed by atoms with Gasteiger partial charge in [0.2, 0.25) is 0 Å². The van der Waals surface area contributed by atoms with Gasteiger partial charge in [0.15, 0.2) is 0 Å². The first-order valence-corrected chi connectivity index (χ1v) is 6.61. The average molecular weight is 255 g/mol. The van der Waals surface area contributed by atoms with Crippen molar-refractivity contribution < 1.29 is 9.90 Å². The van der Waals surface area contributed by atoms with E-state index < -0.39 is 0 Å². The molecule has 0 aromatic heterocycles. The highest BCUT2D eigenvalue weighted by atomic mass is 16.3. The number of carbonyl (C=O) groups is 1. The molecule has 2 N–H and O–H groups in total. The predicted octanol–water partition coefficient (Wildman–Crippen LogP) is 2.34. The Morgan fingerprint density at radius 1 is 1.16 bits per heavy atom. The smallest absolute Gasteiger partial charge is 0.251 e. The molecule has 0 unspecified atom stereocenters. The summed E-state index contributed by atoms with van der Waals surface area (Å²) in [4.78, 5) is 12.3. The Balaban J connectivity index is 1.82. The molecule has 0 radical (unpaired) electrons. The lowest BCUT2D eigenvalue weighted by Crippen LogP contribution is -2.31. The number of aliphatic hydroxyl groups excluding tert-OH is 1. The van der Waals surface area contributed by atoms with E-state index in [1.807, 2.05) is 42.5 Å². The molecule has 3 rings (SSSR count). The van der Waals surface area contributed by atoms with E-state index in [-0.39, 0.29) is 17.9 Å². The highest BCUT2D eigenvalue weighted by molar-refractivity contribution is 6.07. The number of nitrogens with one attached hydrogen (secondary N) is 1. The Morgan fingerprint density at radius 2 is 1.89 bits per heavy atom. The van der Waals surface area contributed by atoms with Crippen molar-refractivity contribution >= 4 is 16.7 Å². The summed E-state index contributed by atoms with van der Waals surface area (Å²) in [6, 6.07) is 13.6. The van der Waals surface area contributed by atoms with Gasteiger partial charge in [0, 0.05) is 17.5 Å². The van der Waals surface area contributed by atoms with Gasteiger partial charge >= 0.3 is 0 Å². The summed E-state index contributed by atoms with van der Waals surface area (Å²) >= 11 is 0. The van der Waals surface area contributed by atoms with E-state index >= 15 is 0 Å². The lowest BCUT2D eigenvalue weighted by Gasteiger charge is -2.13. The fourth-order valence-corrected chi connectivity index (χ4v) is 2.35. The minimum atomic E-state index is -0.0588. The molecule has 0 spiro atoms. The van der Waals surface area contributed by atoms with Gasteiger partial charge in [0.1, 0.15) is 0 Å². The number of fused-ring (bicyclic) bond motifs is 1. The van der Waals surface area contributed by atoms with E-state index in [1.165, 1.54) is 0 Å². The van der Waals surface area contributed by atoms with Crippen LogP contribution in [-0.2, 0) is 0 Å². The molecule has 98 valence electrons. The van der Waals surface area contributed by atoms with Crippen molar-refractivity contribution in [3.05, 3.63) is 48.0 Å². The third-order valence-corrected chi connectivity index (χ3v) is 3.95. The van der Waals surface area contributed by atoms with Crippen molar-refractivity contribution in [2.75, 3.05) is 13.2 Å². The van der Waals surface area contributed by atoms with E-state index in [4.69, 9.17) is 0 Å². The second kappa shape index (κ2) is 4.67. The quantitative estimate of drug-likeness (QED) is 0.881. The van der Waals surface area contributed by atoms with Gasteiger partial charge in [-0.3, -0.25) is 4.79 Å². The molecule has 2 aromatic carbocycles. The van der Waals surface area contributed by atoms with Crippen molar-refractivity contribution in [2.45, 2.75) is 12.8 Å². The number of hydrogen-bond acceptors (Lipinski definition) is 2. The van der Waals surface area contributed by atoms with Gasteiger partial charge in [-0.15, -0.1) is 0 Å². The van der Waals surface area contributed by atoms with Crippen molar-refractivity contribution in [1.29, 1.82) is 0 Å². The summed E-state index contributed by atoms with van der Waals surface area (Å²) in [6.07, 6.45) is 2.00. The van der Waals surface area contributed by atoms with Crippen LogP contribution in [0.2, 0.25) is 0 Å². The van der Waals surface area contributed by atoms with Gasteiger partial charge in [0.25, 0.3) is 5.91 Å². The van der Waals surface area contributed by atoms with E-state index in [0.29, 0.717) is 12.1 Å². The molecule has 1 aliphatic rings. The fraction of sp³-hybridized carbons (Fsp3) is 0.312. The second-order valence-electron chi connectivity index (χ2n) is 5.37. The maximum Gasteiger partial charge on any atom is 0.251 e. The molecule has 3 heteroatoms. The average Bonchev–Trinajstić information content (AvgIpc) is 3.25. The van der Waals surface area contributed by atoms with Crippen LogP contribution in [0.5, 0.6) is 0 Å². The zero-order valence-corrected chi connectivity index (χ0v) is 10.7. The number of carbonyl (C=O) groups excluding carboxylic acids is 1. The van der Waals surface area contributed by atoms with Crippen molar-refractivity contribution in [1.82, 2.24) is 5.32 Å². The first-order valence-electron chi connectivity index (χ1n) is 6.61. The third-order valence-electron chi connectivity index (χ3n) is 3.95. The van der Waals surface area contributed by atoms with Crippen molar-refractivity contribution in [2.24, 2.45) is 5.41 Å². The molecule has 0 atom stereocenters. The first-order chi connectivity index (χ1) is 9.24. The fourth-order valence-electron chi connectivity index (χ4n) is 2.35. The lowest BCUT2D eigenvalue weighted by molar-refractivity contribution is 0.0937. The Hall–Kier alpha value is -1.87. The molecule has 0 aliphatic heterocycles. The molecule has 19 heavy (non-hydrogen) atoms. The van der Waals surface area contributed by atoms with Crippen LogP contribution >= 0.6 is 0 Å². The van der Waals surface area contributed by atoms with Gasteiger partial charge in [-0.25, -0.2) is 0 Å². The van der Waals surface area contributed by atoms with Crippen LogP contribution in [0, 0.1) is 5.41 Å². The number of hydrogen-bond donors (Lipinski definition) is 2. The maximum absolute atomic E-state index is 12.3. The summed E-state index contributed by atoms with van der Waals surface area (Å²) < 4.78 is 0. The summed E-state index contributed by atoms with van der Waals surface area (Å²) in [5, 5.41) is 14.2. The molecule has 1 aliphatic carbocycles. The highest BCUT2D eigenvalue weighted by Crippen LogP contribution is 2.44. The van der Waals surface area contributed by atoms with E-state index in [9.17, 15) is 9.90 Å². The highest BCUT2D eigenvalue weighted by Gasteiger charge is 2.42. The molecule has 1 amide bonds. The Labute approximate surface area is 112 Å². The number of rotatable bonds is 4. The summed E-state index contributed by atoms with van der Waals surface area (Å²) in [5.74, 6) is -0.0588. The third kappa shape index (κ3) is 2.34. The normalized spacial score (nSPS) is 16.3. The van der Waals surface area contributed by atoms with Crippen molar-refractivity contribution in [3.8, 4) is 0 Å². The Morgan fingerprint density at radius 3 is 2.63 bits per heavy atom. The molecule has 2 aromatic rings. The van der Waals surface area contributed by atoms with E-state index in [1.54, 1.807) is 0 Å². The van der Waals surface area contributed by atoms with Gasteiger partial charge < -0.3 is 10.4 Å². The zero-order valence-electron chi connectivity index (χ0n) is 10.7. The summed E-state index contributed by atoms with van der Waals surface area (Å²) in [5.41, 5.74) is 0.645. The van der Waals surface area contributed by atoms with Crippen LogP contribution in [0.4, 0.5) is 0 Å². The standard InChI is InChI=1S/C16H17NO2/c18-11-16(8-9-16)10-17-15(19)14-7-3-5-12-4-1-2-6-13(12)14/h1-7,18H,8-11H2,(H,17,19). The largest absolute Gasteiger partial charge is 0.396 e. The predicted molar refractivity (Wildman–Crippen MR) is 75.0 cm³/mol. The number of benzene rings is 2. The van der Waals surface area contributed by atoms with Crippen LogP contribution in [0.3, 0.4) is 0 Å². The molecule has 0 saturated heterocycles. The molecule has 0 bridgehead atoms. The van der Waals surface area contributed by atoms with Crippen LogP contribution in [-0.4, -0.2) is 24.2 Å². The zero-order chi connectivity index (χ0) is 13.3. The van der Waals surface area contributed by atoms with Crippen LogP contribution in [0.1, 0.15) is 23.2 Å². The monoisotopic (exact) mass is 255 g/mol. The van der Waals surface area contributed by atoms with Gasteiger partial charge in [-0.1, -0.05) is 36.4 Å². The van der Waals surface area contributed by atoms with E-state index in [2.05, 4.69) is 5.32 Å². The number of amides is 1. The molecule has 1 fully saturated rings. The molecule has 1 saturated carbocycles. The van der Waals surface area contributed by atoms with E-state index in [0.717, 1.165) is 23.6 Å². The summed E-state index contributed by atoms with van der Waals surface area (Å²) in [7, 11) is 0. The van der Waals surface area contributed by atoms with Crippen LogP contribution in [0.15, 0.2) is 42.5 Å². The lowest BCUT2D eigenvalue weighted by atomic mass is 10.0. The molecular formula is C16H17NO2. The molecular weight excluding hydrogens is 238 g/mol. The maximum atomic E-state index is 12.3.